The second-order valence-electron chi connectivity index (χ2n) is 3.89. The van der Waals surface area contributed by atoms with Crippen molar-refractivity contribution < 1.29 is 9.59 Å². The lowest BCUT2D eigenvalue weighted by Crippen LogP contribution is -2.38. The topological polar surface area (TPSA) is 46.2 Å². The lowest BCUT2D eigenvalue weighted by atomic mass is 10.0. The van der Waals surface area contributed by atoms with E-state index in [1.165, 1.54) is 0 Å². The number of ketones is 1. The molecule has 0 aromatic rings. The van der Waals surface area contributed by atoms with Crippen LogP contribution in [0.1, 0.15) is 34.1 Å². The maximum Gasteiger partial charge on any atom is 0.137 e. The average molecular weight is 185 g/mol. The predicted octanol–water partition coefficient (Wildman–Crippen LogP) is 1.17. The summed E-state index contributed by atoms with van der Waals surface area (Å²) in [6.45, 7) is 7.60. The molecule has 1 atom stereocenters. The van der Waals surface area contributed by atoms with E-state index in [2.05, 4.69) is 5.32 Å². The summed E-state index contributed by atoms with van der Waals surface area (Å²) >= 11 is 0. The van der Waals surface area contributed by atoms with E-state index in [-0.39, 0.29) is 23.8 Å². The van der Waals surface area contributed by atoms with Gasteiger partial charge < -0.3 is 10.1 Å². The third-order valence-electron chi connectivity index (χ3n) is 1.78. The summed E-state index contributed by atoms with van der Waals surface area (Å²) in [5, 5.41) is 3.03. The minimum absolute atomic E-state index is 0.0106. The van der Waals surface area contributed by atoms with E-state index in [4.69, 9.17) is 0 Å². The highest BCUT2D eigenvalue weighted by atomic mass is 16.1. The summed E-state index contributed by atoms with van der Waals surface area (Å²) in [6.07, 6.45) is 1.11. The Balaban J connectivity index is 3.98. The summed E-state index contributed by atoms with van der Waals surface area (Å²) in [5.41, 5.74) is 0. The molecular weight excluding hydrogens is 166 g/mol. The Bertz CT molecular complexity index is 176. The largest absolute Gasteiger partial charge is 0.305 e. The van der Waals surface area contributed by atoms with Crippen molar-refractivity contribution in [3.63, 3.8) is 0 Å². The maximum absolute atomic E-state index is 11.3. The van der Waals surface area contributed by atoms with Crippen LogP contribution < -0.4 is 5.32 Å². The van der Waals surface area contributed by atoms with Crippen molar-refractivity contribution >= 4 is 12.1 Å². The molecule has 0 aromatic heterocycles. The predicted molar refractivity (Wildman–Crippen MR) is 52.6 cm³/mol. The monoisotopic (exact) mass is 185 g/mol. The molecule has 3 nitrogen and oxygen atoms in total. The van der Waals surface area contributed by atoms with Crippen molar-refractivity contribution in [2.75, 3.05) is 0 Å². The van der Waals surface area contributed by atoms with Crippen LogP contribution in [-0.2, 0) is 9.59 Å². The van der Waals surface area contributed by atoms with Crippen molar-refractivity contribution in [2.45, 2.75) is 46.2 Å². The molecule has 0 spiro atoms. The first kappa shape index (κ1) is 12.3. The number of Topliss-reactive ketones (excluding diaryl/α,β-unsaturated/α-hetero) is 1. The first-order chi connectivity index (χ1) is 5.97. The fraction of sp³-hybridized carbons (Fsp3) is 0.800. The molecule has 1 N–H and O–H groups in total. The van der Waals surface area contributed by atoms with Gasteiger partial charge in [-0.05, 0) is 0 Å². The number of hydrogen-bond donors (Lipinski definition) is 1. The highest BCUT2D eigenvalue weighted by Gasteiger charge is 2.15. The molecular formula is C10H19NO2. The van der Waals surface area contributed by atoms with Crippen molar-refractivity contribution in [3.8, 4) is 0 Å². The zero-order valence-corrected chi connectivity index (χ0v) is 8.83. The normalized spacial score (nSPS) is 13.4. The lowest BCUT2D eigenvalue weighted by Gasteiger charge is -2.15. The highest BCUT2D eigenvalue weighted by molar-refractivity contribution is 5.83. The molecule has 0 rings (SSSR count). The van der Waals surface area contributed by atoms with Crippen LogP contribution in [0.15, 0.2) is 0 Å². The van der Waals surface area contributed by atoms with Gasteiger partial charge in [-0.25, -0.2) is 0 Å². The summed E-state index contributed by atoms with van der Waals surface area (Å²) in [5.74, 6) is 0.140. The third-order valence-corrected chi connectivity index (χ3v) is 1.78. The fourth-order valence-electron chi connectivity index (χ4n) is 1.03. The second-order valence-corrected chi connectivity index (χ2v) is 3.89. The maximum atomic E-state index is 11.3. The van der Waals surface area contributed by atoms with Crippen LogP contribution in [0.3, 0.4) is 0 Å². The van der Waals surface area contributed by atoms with Gasteiger partial charge in [0.1, 0.15) is 12.1 Å². The van der Waals surface area contributed by atoms with Crippen LogP contribution in [0.5, 0.6) is 0 Å². The van der Waals surface area contributed by atoms with E-state index in [0.717, 1.165) is 6.29 Å². The average Bonchev–Trinajstić information content (AvgIpc) is 2.02. The molecule has 0 heterocycles. The molecule has 0 aliphatic heterocycles. The Hall–Kier alpha value is -0.700. The summed E-state index contributed by atoms with van der Waals surface area (Å²) in [6, 6.07) is -0.0925. The second kappa shape index (κ2) is 5.86. The Kier molecular flexibility index (Phi) is 5.55. The van der Waals surface area contributed by atoms with Crippen LogP contribution in [0.25, 0.3) is 0 Å². The van der Waals surface area contributed by atoms with Crippen LogP contribution in [-0.4, -0.2) is 24.2 Å². The van der Waals surface area contributed by atoms with Crippen molar-refractivity contribution in [2.24, 2.45) is 5.92 Å². The molecule has 0 aliphatic rings. The molecule has 0 bridgehead atoms. The minimum atomic E-state index is -0.324. The number of aldehydes is 1. The first-order valence-corrected chi connectivity index (χ1v) is 4.71. The molecule has 0 saturated carbocycles. The smallest absolute Gasteiger partial charge is 0.137 e. The molecule has 76 valence electrons. The van der Waals surface area contributed by atoms with E-state index in [1.54, 1.807) is 0 Å². The van der Waals surface area contributed by atoms with E-state index in [0.29, 0.717) is 6.42 Å². The zero-order valence-electron chi connectivity index (χ0n) is 8.83. The molecule has 13 heavy (non-hydrogen) atoms. The summed E-state index contributed by atoms with van der Waals surface area (Å²) in [7, 11) is 0. The molecule has 1 unspecified atom stereocenters. The van der Waals surface area contributed by atoms with Gasteiger partial charge in [-0.15, -0.1) is 0 Å². The van der Waals surface area contributed by atoms with Crippen LogP contribution >= 0.6 is 0 Å². The third kappa shape index (κ3) is 5.53. The summed E-state index contributed by atoms with van der Waals surface area (Å²) in [4.78, 5) is 21.9. The number of carbonyl (C=O) groups excluding carboxylic acids is 2. The Morgan fingerprint density at radius 3 is 2.15 bits per heavy atom. The van der Waals surface area contributed by atoms with Crippen molar-refractivity contribution in [1.82, 2.24) is 5.32 Å². The molecule has 0 radical (unpaired) electrons. The minimum Gasteiger partial charge on any atom is -0.305 e. The van der Waals surface area contributed by atoms with Gasteiger partial charge in [0.15, 0.2) is 0 Å². The van der Waals surface area contributed by atoms with Gasteiger partial charge in [-0.2, -0.15) is 0 Å². The SMILES string of the molecule is CC(C)NC(C=O)CC(=O)C(C)C. The number of carbonyl (C=O) groups is 2. The Morgan fingerprint density at radius 1 is 1.31 bits per heavy atom. The zero-order chi connectivity index (χ0) is 10.4. The van der Waals surface area contributed by atoms with Gasteiger partial charge >= 0.3 is 0 Å². The van der Waals surface area contributed by atoms with Gasteiger partial charge in [-0.3, -0.25) is 4.79 Å². The van der Waals surface area contributed by atoms with Crippen molar-refractivity contribution in [3.05, 3.63) is 0 Å². The molecule has 0 aliphatic carbocycles. The molecule has 3 heteroatoms. The van der Waals surface area contributed by atoms with Gasteiger partial charge in [0, 0.05) is 18.4 Å². The molecule has 0 aromatic carbocycles. The number of rotatable bonds is 6. The van der Waals surface area contributed by atoms with Crippen LogP contribution in [0, 0.1) is 5.92 Å². The van der Waals surface area contributed by atoms with E-state index < -0.39 is 0 Å². The van der Waals surface area contributed by atoms with Crippen molar-refractivity contribution in [1.29, 1.82) is 0 Å². The van der Waals surface area contributed by atoms with Gasteiger partial charge in [0.2, 0.25) is 0 Å². The van der Waals surface area contributed by atoms with Crippen LogP contribution in [0.4, 0.5) is 0 Å². The van der Waals surface area contributed by atoms with E-state index >= 15 is 0 Å². The van der Waals surface area contributed by atoms with E-state index in [1.807, 2.05) is 27.7 Å². The molecule has 0 amide bonds. The standard InChI is InChI=1S/C10H19NO2/c1-7(2)10(13)5-9(6-12)11-8(3)4/h6-9,11H,5H2,1-4H3. The summed E-state index contributed by atoms with van der Waals surface area (Å²) < 4.78 is 0. The Labute approximate surface area is 79.9 Å². The number of nitrogens with one attached hydrogen (secondary N) is 1. The Morgan fingerprint density at radius 2 is 1.85 bits per heavy atom. The molecule has 0 saturated heterocycles. The molecule has 0 fully saturated rings. The first-order valence-electron chi connectivity index (χ1n) is 4.71. The van der Waals surface area contributed by atoms with Gasteiger partial charge in [0.25, 0.3) is 0 Å². The lowest BCUT2D eigenvalue weighted by molar-refractivity contribution is -0.124. The highest BCUT2D eigenvalue weighted by Crippen LogP contribution is 2.01. The fourth-order valence-corrected chi connectivity index (χ4v) is 1.03. The number of hydrogen-bond acceptors (Lipinski definition) is 3. The van der Waals surface area contributed by atoms with E-state index in [9.17, 15) is 9.59 Å². The van der Waals surface area contributed by atoms with Crippen LogP contribution in [0.2, 0.25) is 0 Å². The van der Waals surface area contributed by atoms with Gasteiger partial charge in [0.05, 0.1) is 6.04 Å². The van der Waals surface area contributed by atoms with Gasteiger partial charge in [-0.1, -0.05) is 27.7 Å². The quantitative estimate of drug-likeness (QED) is 0.632.